The Morgan fingerprint density at radius 2 is 2.44 bits per heavy atom. The smallest absolute Gasteiger partial charge is 0.331 e. The van der Waals surface area contributed by atoms with E-state index in [4.69, 9.17) is 10.8 Å². The number of amides is 1. The van der Waals surface area contributed by atoms with Crippen molar-refractivity contribution in [3.05, 3.63) is 11.6 Å². The molecule has 6 heteroatoms. The summed E-state index contributed by atoms with van der Waals surface area (Å²) < 4.78 is 0. The molecule has 0 saturated carbocycles. The monoisotopic (exact) mass is 242 g/mol. The van der Waals surface area contributed by atoms with Gasteiger partial charge in [0.25, 0.3) is 0 Å². The fraction of sp³-hybridized carbons (Fsp3) is 0.500. The first-order valence-electron chi connectivity index (χ1n) is 5.11. The van der Waals surface area contributed by atoms with Crippen LogP contribution < -0.4 is 5.73 Å². The molecule has 88 valence electrons. The van der Waals surface area contributed by atoms with Gasteiger partial charge in [0.15, 0.2) is 6.04 Å². The molecule has 3 N–H and O–H groups in total. The van der Waals surface area contributed by atoms with E-state index in [-0.39, 0.29) is 11.3 Å². The first-order valence-corrected chi connectivity index (χ1v) is 6.15. The van der Waals surface area contributed by atoms with Crippen LogP contribution in [0.3, 0.4) is 0 Å². The van der Waals surface area contributed by atoms with E-state index in [2.05, 4.69) is 0 Å². The van der Waals surface area contributed by atoms with E-state index in [1.54, 1.807) is 0 Å². The predicted octanol–water partition coefficient (Wildman–Crippen LogP) is -0.447. The van der Waals surface area contributed by atoms with Gasteiger partial charge in [-0.1, -0.05) is 13.0 Å². The normalized spacial score (nSPS) is 35.4. The fourth-order valence-electron chi connectivity index (χ4n) is 2.02. The summed E-state index contributed by atoms with van der Waals surface area (Å²) in [6, 6.07) is -1.39. The number of rotatable bonds is 2. The lowest BCUT2D eigenvalue weighted by atomic mass is 9.98. The van der Waals surface area contributed by atoms with Crippen LogP contribution in [-0.4, -0.2) is 44.7 Å². The number of hydrogen-bond donors (Lipinski definition) is 3. The molecule has 0 bridgehead atoms. The molecule has 0 aromatic rings. The SMILES string of the molecule is CCC=C1C=[SH]C2C(N)C(=O)N2C1C(=O)O. The summed E-state index contributed by atoms with van der Waals surface area (Å²) in [5, 5.41) is 10.9. The van der Waals surface area contributed by atoms with Crippen LogP contribution >= 0.6 is 11.4 Å². The number of carboxylic acid groups (broad SMARTS) is 1. The number of carbonyl (C=O) groups excluding carboxylic acids is 1. The highest BCUT2D eigenvalue weighted by Crippen LogP contribution is 2.33. The van der Waals surface area contributed by atoms with Gasteiger partial charge in [-0.05, 0) is 17.4 Å². The lowest BCUT2D eigenvalue weighted by Crippen LogP contribution is -2.72. The standard InChI is InChI=1S/C10H14N2O3S/c1-2-3-5-4-16-9-6(11)8(13)12(9)7(5)10(14)15/h3-4,6-7,9,16H,2,11H2,1H3,(H,14,15). The molecule has 0 aromatic heterocycles. The highest BCUT2D eigenvalue weighted by Gasteiger charge is 2.51. The van der Waals surface area contributed by atoms with Crippen molar-refractivity contribution in [3.8, 4) is 0 Å². The number of carbonyl (C=O) groups is 2. The van der Waals surface area contributed by atoms with Crippen LogP contribution in [0, 0.1) is 0 Å². The van der Waals surface area contributed by atoms with Crippen LogP contribution in [0.1, 0.15) is 13.3 Å². The quantitative estimate of drug-likeness (QED) is 0.265. The van der Waals surface area contributed by atoms with Gasteiger partial charge in [-0.2, -0.15) is 11.4 Å². The van der Waals surface area contributed by atoms with E-state index in [1.165, 1.54) is 4.90 Å². The van der Waals surface area contributed by atoms with Gasteiger partial charge in [0.1, 0.15) is 6.04 Å². The summed E-state index contributed by atoms with van der Waals surface area (Å²) >= 11 is 0.909. The fourth-order valence-corrected chi connectivity index (χ4v) is 3.30. The van der Waals surface area contributed by atoms with Crippen LogP contribution in [0.15, 0.2) is 11.6 Å². The number of hydrogen-bond acceptors (Lipinski definition) is 3. The average Bonchev–Trinajstić information content (AvgIpc) is 2.27. The number of thiol groups is 1. The number of nitrogens with two attached hydrogens (primary N) is 1. The van der Waals surface area contributed by atoms with E-state index in [1.807, 2.05) is 18.4 Å². The largest absolute Gasteiger partial charge is 0.479 e. The minimum Gasteiger partial charge on any atom is -0.479 e. The van der Waals surface area contributed by atoms with E-state index in [0.29, 0.717) is 5.57 Å². The molecule has 3 unspecified atom stereocenters. The molecule has 1 saturated heterocycles. The number of fused-ring (bicyclic) bond motifs is 1. The molecule has 0 aliphatic carbocycles. The van der Waals surface area contributed by atoms with Gasteiger partial charge in [-0.15, -0.1) is 0 Å². The van der Waals surface area contributed by atoms with Crippen molar-refractivity contribution in [3.63, 3.8) is 0 Å². The lowest BCUT2D eigenvalue weighted by Gasteiger charge is -2.49. The third-order valence-corrected chi connectivity index (χ3v) is 4.11. The van der Waals surface area contributed by atoms with Gasteiger partial charge in [-0.25, -0.2) is 4.79 Å². The summed E-state index contributed by atoms with van der Waals surface area (Å²) in [5.41, 5.74) is 6.33. The van der Waals surface area contributed by atoms with Crippen molar-refractivity contribution in [1.29, 1.82) is 0 Å². The molecule has 1 fully saturated rings. The number of aliphatic carboxylic acids is 1. The summed E-state index contributed by atoms with van der Waals surface area (Å²) in [5.74, 6) is -1.25. The van der Waals surface area contributed by atoms with E-state index in [0.717, 1.165) is 17.8 Å². The van der Waals surface area contributed by atoms with E-state index in [9.17, 15) is 9.59 Å². The van der Waals surface area contributed by atoms with Crippen LogP contribution in [0.2, 0.25) is 0 Å². The Kier molecular flexibility index (Phi) is 2.86. The minimum atomic E-state index is -0.990. The lowest BCUT2D eigenvalue weighted by molar-refractivity contribution is -0.157. The Morgan fingerprint density at radius 1 is 1.75 bits per heavy atom. The highest BCUT2D eigenvalue weighted by molar-refractivity contribution is 7.98. The zero-order chi connectivity index (χ0) is 11.9. The summed E-state index contributed by atoms with van der Waals surface area (Å²) in [7, 11) is 0. The first-order chi connectivity index (χ1) is 7.57. The second-order valence-corrected chi connectivity index (χ2v) is 4.90. The zero-order valence-corrected chi connectivity index (χ0v) is 9.72. The van der Waals surface area contributed by atoms with Gasteiger partial charge in [-0.3, -0.25) is 4.79 Å². The van der Waals surface area contributed by atoms with Gasteiger partial charge >= 0.3 is 5.97 Å². The predicted molar refractivity (Wildman–Crippen MR) is 63.5 cm³/mol. The second kappa shape index (κ2) is 4.03. The third-order valence-electron chi connectivity index (χ3n) is 2.79. The van der Waals surface area contributed by atoms with Crippen molar-refractivity contribution in [2.75, 3.05) is 0 Å². The maximum atomic E-state index is 11.6. The summed E-state index contributed by atoms with van der Waals surface area (Å²) in [4.78, 5) is 24.1. The van der Waals surface area contributed by atoms with Gasteiger partial charge in [0.05, 0.1) is 5.37 Å². The van der Waals surface area contributed by atoms with E-state index >= 15 is 0 Å². The average molecular weight is 242 g/mol. The van der Waals surface area contributed by atoms with E-state index < -0.39 is 18.1 Å². The molecule has 0 aromatic carbocycles. The zero-order valence-electron chi connectivity index (χ0n) is 8.83. The Balaban J connectivity index is 2.36. The van der Waals surface area contributed by atoms with Gasteiger partial charge in [0.2, 0.25) is 5.91 Å². The molecule has 0 radical (unpaired) electrons. The topological polar surface area (TPSA) is 83.6 Å². The third kappa shape index (κ3) is 1.49. The second-order valence-electron chi connectivity index (χ2n) is 3.82. The van der Waals surface area contributed by atoms with Crippen molar-refractivity contribution >= 4 is 28.6 Å². The summed E-state index contributed by atoms with van der Waals surface area (Å²) in [6.45, 7) is 1.94. The van der Waals surface area contributed by atoms with Crippen molar-refractivity contribution in [2.45, 2.75) is 30.8 Å². The molecular formula is C10H14N2O3S. The summed E-state index contributed by atoms with van der Waals surface area (Å²) in [6.07, 6.45) is 2.60. The molecular weight excluding hydrogens is 228 g/mol. The van der Waals surface area contributed by atoms with Crippen molar-refractivity contribution < 1.29 is 14.7 Å². The number of nitrogens with zero attached hydrogens (tertiary/aromatic N) is 1. The molecule has 2 aliphatic heterocycles. The molecule has 2 rings (SSSR count). The van der Waals surface area contributed by atoms with Crippen LogP contribution in [0.5, 0.6) is 0 Å². The molecule has 16 heavy (non-hydrogen) atoms. The maximum absolute atomic E-state index is 11.6. The van der Waals surface area contributed by atoms with Crippen LogP contribution in [0.25, 0.3) is 0 Å². The maximum Gasteiger partial charge on any atom is 0.331 e. The molecule has 1 amide bonds. The Hall–Kier alpha value is -1.14. The van der Waals surface area contributed by atoms with Gasteiger partial charge in [0, 0.05) is 0 Å². The molecule has 2 heterocycles. The molecule has 2 aliphatic rings. The van der Waals surface area contributed by atoms with Crippen molar-refractivity contribution in [2.24, 2.45) is 5.73 Å². The molecule has 0 spiro atoms. The Morgan fingerprint density at radius 3 is 3.00 bits per heavy atom. The van der Waals surface area contributed by atoms with Crippen LogP contribution in [-0.2, 0) is 9.59 Å². The first kappa shape index (κ1) is 11.3. The van der Waals surface area contributed by atoms with Crippen LogP contribution in [0.4, 0.5) is 0 Å². The molecule has 5 nitrogen and oxygen atoms in total. The number of allylic oxidation sites excluding steroid dienone is 1. The Bertz CT molecular complexity index is 405. The highest BCUT2D eigenvalue weighted by atomic mass is 32.1. The number of carboxylic acids is 1. The number of β-lactam (4-membered cyclic amide) rings is 1. The van der Waals surface area contributed by atoms with Gasteiger partial charge < -0.3 is 15.7 Å². The molecule has 3 atom stereocenters. The van der Waals surface area contributed by atoms with Crippen molar-refractivity contribution in [1.82, 2.24) is 4.90 Å². The minimum absolute atomic E-state index is 0.164. The Labute approximate surface area is 96.9 Å².